The van der Waals surface area contributed by atoms with E-state index >= 15 is 0 Å². The molecule has 11 nitrogen and oxygen atoms in total. The Bertz CT molecular complexity index is 1310. The lowest BCUT2D eigenvalue weighted by Crippen LogP contribution is -2.66. The number of carbonyl (C=O) groups is 1. The molecule has 0 radical (unpaired) electrons. The van der Waals surface area contributed by atoms with Crippen LogP contribution in [0.1, 0.15) is 82.4 Å². The van der Waals surface area contributed by atoms with E-state index in [9.17, 15) is 4.79 Å². The molecule has 0 aliphatic carbocycles. The number of nitrogens with one attached hydrogen (secondary N) is 1. The molecule has 2 saturated heterocycles. The molecule has 0 spiro atoms. The Morgan fingerprint density at radius 2 is 1.57 bits per heavy atom. The average molecular weight is 666 g/mol. The second-order valence-electron chi connectivity index (χ2n) is 15.6. The molecule has 2 aromatic rings. The average Bonchev–Trinajstić information content (AvgIpc) is 3.43. The summed E-state index contributed by atoms with van der Waals surface area (Å²) in [6, 6.07) is 0. The number of nitrogens with zero attached hydrogens (tertiary/aromatic N) is 4. The van der Waals surface area contributed by atoms with Gasteiger partial charge in [0, 0.05) is 5.41 Å². The third kappa shape index (κ3) is 6.64. The van der Waals surface area contributed by atoms with Crippen LogP contribution in [0.25, 0.3) is 11.2 Å². The van der Waals surface area contributed by atoms with Gasteiger partial charge in [-0.2, -0.15) is 0 Å². The van der Waals surface area contributed by atoms with Crippen LogP contribution in [0, 0.1) is 5.41 Å². The lowest BCUT2D eigenvalue weighted by molar-refractivity contribution is -0.123. The van der Waals surface area contributed by atoms with Crippen LogP contribution < -0.4 is 5.32 Å². The molecule has 1 amide bonds. The number of aromatic nitrogens is 4. The maximum atomic E-state index is 12.8. The van der Waals surface area contributed by atoms with Crippen molar-refractivity contribution in [2.75, 3.05) is 11.9 Å². The van der Waals surface area contributed by atoms with E-state index in [1.165, 1.54) is 6.33 Å². The van der Waals surface area contributed by atoms with Crippen LogP contribution in [-0.4, -0.2) is 75.8 Å². The zero-order valence-electron chi connectivity index (χ0n) is 29.2. The molecule has 4 atom stereocenters. The molecule has 4 rings (SSSR count). The van der Waals surface area contributed by atoms with E-state index in [0.29, 0.717) is 23.6 Å². The van der Waals surface area contributed by atoms with Gasteiger partial charge in [0.1, 0.15) is 24.6 Å². The second-order valence-corrected chi connectivity index (χ2v) is 28.9. The minimum atomic E-state index is -2.90. The monoisotopic (exact) mass is 665 g/mol. The zero-order chi connectivity index (χ0) is 33.0. The minimum absolute atomic E-state index is 0.153. The fraction of sp³-hybridized carbons (Fsp3) is 0.800. The Balaban J connectivity index is 1.84. The smallest absolute Gasteiger partial charge is 0.335 e. The first-order valence-corrected chi connectivity index (χ1v) is 23.4. The van der Waals surface area contributed by atoms with Crippen molar-refractivity contribution in [3.05, 3.63) is 12.7 Å². The molecule has 4 heterocycles. The number of imidazole rings is 1. The maximum Gasteiger partial charge on any atom is 0.335 e. The van der Waals surface area contributed by atoms with Gasteiger partial charge < -0.3 is 27.4 Å². The summed E-state index contributed by atoms with van der Waals surface area (Å²) < 4.78 is 37.6. The summed E-state index contributed by atoms with van der Waals surface area (Å²) in [5.74, 6) is 0.212. The van der Waals surface area contributed by atoms with E-state index < -0.39 is 49.3 Å². The largest absolute Gasteiger partial charge is 0.414 e. The molecule has 2 aromatic heterocycles. The molecular formula is C30H55N5O6Si3. The van der Waals surface area contributed by atoms with Crippen molar-refractivity contribution in [1.29, 1.82) is 0 Å². The summed E-state index contributed by atoms with van der Waals surface area (Å²) in [5, 5.41) is 2.93. The van der Waals surface area contributed by atoms with Gasteiger partial charge in [0.15, 0.2) is 31.5 Å². The molecule has 0 saturated carbocycles. The Kier molecular flexibility index (Phi) is 10.1. The van der Waals surface area contributed by atoms with Crippen LogP contribution in [0.4, 0.5) is 5.82 Å². The first kappa shape index (κ1) is 35.3. The number of anilines is 1. The Hall–Kier alpha value is -1.53. The molecule has 44 heavy (non-hydrogen) atoms. The van der Waals surface area contributed by atoms with Gasteiger partial charge in [0.25, 0.3) is 0 Å². The van der Waals surface area contributed by atoms with Gasteiger partial charge in [0.05, 0.1) is 12.9 Å². The summed E-state index contributed by atoms with van der Waals surface area (Å²) in [5.41, 5.74) is 1.26. The predicted octanol–water partition coefficient (Wildman–Crippen LogP) is 6.88. The summed E-state index contributed by atoms with van der Waals surface area (Å²) in [6.45, 7) is 30.2. The molecule has 14 heteroatoms. The second kappa shape index (κ2) is 12.6. The summed E-state index contributed by atoms with van der Waals surface area (Å²) in [7, 11) is -7.75. The van der Waals surface area contributed by atoms with Crippen molar-refractivity contribution in [2.45, 2.75) is 143 Å². The molecule has 0 unspecified atom stereocenters. The highest BCUT2D eigenvalue weighted by Gasteiger charge is 2.62. The van der Waals surface area contributed by atoms with Gasteiger partial charge >= 0.3 is 17.1 Å². The van der Waals surface area contributed by atoms with Gasteiger partial charge in [-0.25, -0.2) is 15.0 Å². The van der Waals surface area contributed by atoms with Crippen molar-refractivity contribution in [1.82, 2.24) is 19.5 Å². The van der Waals surface area contributed by atoms with Gasteiger partial charge in [-0.1, -0.05) is 76.2 Å². The van der Waals surface area contributed by atoms with Gasteiger partial charge in [0.2, 0.25) is 5.91 Å². The predicted molar refractivity (Wildman–Crippen MR) is 179 cm³/mol. The van der Waals surface area contributed by atoms with Crippen LogP contribution in [0.3, 0.4) is 0 Å². The fourth-order valence-corrected chi connectivity index (χ4v) is 18.6. The first-order valence-electron chi connectivity index (χ1n) is 16.1. The van der Waals surface area contributed by atoms with Crippen molar-refractivity contribution < 1.29 is 26.9 Å². The minimum Gasteiger partial charge on any atom is -0.414 e. The zero-order valence-corrected chi connectivity index (χ0v) is 32.2. The van der Waals surface area contributed by atoms with E-state index in [0.717, 1.165) is 0 Å². The Morgan fingerprint density at radius 3 is 2.09 bits per heavy atom. The van der Waals surface area contributed by atoms with Crippen LogP contribution in [0.15, 0.2) is 12.7 Å². The number of fused-ring (bicyclic) bond motifs is 2. The van der Waals surface area contributed by atoms with Crippen molar-refractivity contribution in [3.63, 3.8) is 0 Å². The summed E-state index contributed by atoms with van der Waals surface area (Å²) in [4.78, 5) is 26.4. The highest BCUT2D eigenvalue weighted by atomic mass is 28.5. The van der Waals surface area contributed by atoms with Crippen molar-refractivity contribution >= 4 is 48.3 Å². The van der Waals surface area contributed by atoms with E-state index in [-0.39, 0.29) is 34.2 Å². The van der Waals surface area contributed by atoms with E-state index in [1.807, 2.05) is 25.3 Å². The summed E-state index contributed by atoms with van der Waals surface area (Å²) in [6.07, 6.45) is 1.33. The first-order chi connectivity index (χ1) is 20.2. The normalized spacial score (nSPS) is 26.0. The highest BCUT2D eigenvalue weighted by molar-refractivity contribution is 6.84. The third-order valence-corrected chi connectivity index (χ3v) is 19.9. The number of amides is 1. The lowest BCUT2D eigenvalue weighted by Gasteiger charge is -2.51. The number of carbonyl (C=O) groups excluding carboxylic acids is 1. The quantitative estimate of drug-likeness (QED) is 0.301. The van der Waals surface area contributed by atoms with Gasteiger partial charge in [-0.3, -0.25) is 9.36 Å². The van der Waals surface area contributed by atoms with E-state index in [4.69, 9.17) is 22.1 Å². The van der Waals surface area contributed by atoms with Crippen LogP contribution in [0.2, 0.25) is 41.8 Å². The van der Waals surface area contributed by atoms with E-state index in [1.54, 1.807) is 6.33 Å². The molecule has 2 aliphatic heterocycles. The molecule has 1 N–H and O–H groups in total. The van der Waals surface area contributed by atoms with Crippen molar-refractivity contribution in [2.24, 2.45) is 5.41 Å². The van der Waals surface area contributed by atoms with Crippen LogP contribution in [0.5, 0.6) is 0 Å². The number of ether oxygens (including phenoxy) is 1. The van der Waals surface area contributed by atoms with Gasteiger partial charge in [-0.05, 0) is 41.8 Å². The molecular weight excluding hydrogens is 611 g/mol. The van der Waals surface area contributed by atoms with E-state index in [2.05, 4.69) is 95.3 Å². The lowest BCUT2D eigenvalue weighted by atomic mass is 9.96. The molecule has 0 aromatic carbocycles. The third-order valence-electron chi connectivity index (χ3n) is 8.65. The number of hydrogen-bond donors (Lipinski definition) is 1. The fourth-order valence-electron chi connectivity index (χ4n) is 6.31. The molecule has 2 fully saturated rings. The Morgan fingerprint density at radius 1 is 0.977 bits per heavy atom. The highest BCUT2D eigenvalue weighted by Crippen LogP contribution is 2.49. The molecule has 0 bridgehead atoms. The molecule has 248 valence electrons. The van der Waals surface area contributed by atoms with Crippen molar-refractivity contribution in [3.8, 4) is 0 Å². The Labute approximate surface area is 266 Å². The standard InChI is InChI=1S/C30H55N5O6Si3/c1-18(2)43(19(3)4)37-15-22-24(40-44(41-43,20(5)6)21(7)8)25(39-42(12,13)14)28(38-22)35-17-33-23-26(31-16-32-27(23)35)34-29(36)30(9,10)11/h16-22,24-25,28H,15H2,1-14H3,(H,31,32,34,36)/t22-,24-,25-,28-/m1/s1. The topological polar surface area (TPSA) is 119 Å². The summed E-state index contributed by atoms with van der Waals surface area (Å²) >= 11 is 0. The van der Waals surface area contributed by atoms with Gasteiger partial charge in [-0.15, -0.1) is 0 Å². The number of hydrogen-bond acceptors (Lipinski definition) is 9. The molecule has 2 aliphatic rings. The van der Waals surface area contributed by atoms with Crippen LogP contribution >= 0.6 is 0 Å². The number of rotatable bonds is 8. The maximum absolute atomic E-state index is 12.8. The SMILES string of the molecule is CC(C)[Si]1(C(C)C)OC[C@H]2O[C@@H](n3cnc4c(NC(=O)C(C)(C)C)ncnc43)[C@H](O[Si](C)(C)C)[C@@H]2O[Si](C(C)C)(C(C)C)O1. The van der Waals surface area contributed by atoms with Crippen LogP contribution in [-0.2, 0) is 26.9 Å².